The highest BCUT2D eigenvalue weighted by Gasteiger charge is 2.21. The number of hydrogen-bond acceptors (Lipinski definition) is 5. The van der Waals surface area contributed by atoms with Gasteiger partial charge in [0.25, 0.3) is 5.89 Å². The minimum atomic E-state index is 0.256. The standard InChI is InChI=1S/C23H19Cl3N4O2/c1-12-3-4-14(5-12)11-31-20-8-16(24)15(7-17(20)25)21-28-23(32-29-21)19-10-30-9-13(2)6-18(26)22(30)27-19/h6-10,14H,1,3-5,11H2,2H3. The second kappa shape index (κ2) is 8.43. The van der Waals surface area contributed by atoms with Crippen LogP contribution in [-0.2, 0) is 0 Å². The summed E-state index contributed by atoms with van der Waals surface area (Å²) in [4.78, 5) is 8.96. The normalized spacial score (nSPS) is 16.2. The Morgan fingerprint density at radius 2 is 1.97 bits per heavy atom. The minimum absolute atomic E-state index is 0.256. The van der Waals surface area contributed by atoms with Crippen molar-refractivity contribution in [2.24, 2.45) is 5.92 Å². The predicted molar refractivity (Wildman–Crippen MR) is 126 cm³/mol. The summed E-state index contributed by atoms with van der Waals surface area (Å²) >= 11 is 19.3. The Balaban J connectivity index is 1.39. The molecule has 1 saturated carbocycles. The van der Waals surface area contributed by atoms with Crippen molar-refractivity contribution in [1.29, 1.82) is 0 Å². The van der Waals surface area contributed by atoms with Gasteiger partial charge in [-0.15, -0.1) is 0 Å². The van der Waals surface area contributed by atoms with E-state index in [2.05, 4.69) is 21.7 Å². The van der Waals surface area contributed by atoms with Gasteiger partial charge in [0.2, 0.25) is 5.82 Å². The van der Waals surface area contributed by atoms with Gasteiger partial charge in [0, 0.05) is 24.0 Å². The molecule has 1 aromatic carbocycles. The fraction of sp³-hybridized carbons (Fsp3) is 0.261. The molecule has 6 nitrogen and oxygen atoms in total. The van der Waals surface area contributed by atoms with Gasteiger partial charge in [0.15, 0.2) is 5.65 Å². The largest absolute Gasteiger partial charge is 0.492 e. The number of ether oxygens (including phenoxy) is 1. The lowest BCUT2D eigenvalue weighted by molar-refractivity contribution is 0.254. The molecule has 32 heavy (non-hydrogen) atoms. The van der Waals surface area contributed by atoms with Crippen LogP contribution in [0.5, 0.6) is 5.75 Å². The summed E-state index contributed by atoms with van der Waals surface area (Å²) in [7, 11) is 0. The molecule has 1 atom stereocenters. The molecule has 1 fully saturated rings. The summed E-state index contributed by atoms with van der Waals surface area (Å²) in [6, 6.07) is 5.22. The SMILES string of the molecule is C=C1CCC(COc2cc(Cl)c(-c3noc(-c4cn5cc(C)cc(Cl)c5n4)n3)cc2Cl)C1. The van der Waals surface area contributed by atoms with Crippen LogP contribution in [0.1, 0.15) is 24.8 Å². The van der Waals surface area contributed by atoms with Crippen molar-refractivity contribution in [2.45, 2.75) is 26.2 Å². The Kier molecular flexibility index (Phi) is 5.61. The van der Waals surface area contributed by atoms with Gasteiger partial charge < -0.3 is 13.7 Å². The summed E-state index contributed by atoms with van der Waals surface area (Å²) in [5.74, 6) is 1.56. The number of aryl methyl sites for hydroxylation is 1. The second-order valence-corrected chi connectivity index (χ2v) is 9.30. The van der Waals surface area contributed by atoms with Crippen molar-refractivity contribution in [3.05, 3.63) is 63.4 Å². The molecule has 0 bridgehead atoms. The molecule has 0 N–H and O–H groups in total. The number of allylic oxidation sites excluding steroid dienone is 1. The van der Waals surface area contributed by atoms with E-state index in [0.717, 1.165) is 24.8 Å². The first-order valence-corrected chi connectivity index (χ1v) is 11.3. The molecular weight excluding hydrogens is 471 g/mol. The summed E-state index contributed by atoms with van der Waals surface area (Å²) in [6.45, 7) is 6.58. The number of imidazole rings is 1. The molecule has 0 radical (unpaired) electrons. The van der Waals surface area contributed by atoms with Crippen LogP contribution < -0.4 is 4.74 Å². The predicted octanol–water partition coefficient (Wildman–Crippen LogP) is 7.06. The van der Waals surface area contributed by atoms with Crippen molar-refractivity contribution < 1.29 is 9.26 Å². The highest BCUT2D eigenvalue weighted by atomic mass is 35.5. The van der Waals surface area contributed by atoms with Crippen LogP contribution in [0, 0.1) is 12.8 Å². The quantitative estimate of drug-likeness (QED) is 0.281. The lowest BCUT2D eigenvalue weighted by Gasteiger charge is -2.13. The Morgan fingerprint density at radius 3 is 2.75 bits per heavy atom. The number of halogens is 3. The van der Waals surface area contributed by atoms with Gasteiger partial charge in [-0.1, -0.05) is 52.1 Å². The highest BCUT2D eigenvalue weighted by molar-refractivity contribution is 6.36. The Labute approximate surface area is 199 Å². The number of aromatic nitrogens is 4. The maximum atomic E-state index is 6.50. The molecule has 1 aliphatic rings. The Hall–Kier alpha value is -2.54. The number of benzene rings is 1. The molecule has 0 spiro atoms. The Bertz CT molecular complexity index is 1340. The van der Waals surface area contributed by atoms with Gasteiger partial charge in [-0.2, -0.15) is 4.98 Å². The van der Waals surface area contributed by atoms with Crippen molar-refractivity contribution >= 4 is 40.4 Å². The van der Waals surface area contributed by atoms with E-state index in [1.165, 1.54) is 5.57 Å². The molecule has 3 heterocycles. The number of nitrogens with zero attached hydrogens (tertiary/aromatic N) is 4. The van der Waals surface area contributed by atoms with Crippen molar-refractivity contribution in [1.82, 2.24) is 19.5 Å². The van der Waals surface area contributed by atoms with Gasteiger partial charge in [0.05, 0.1) is 21.7 Å². The summed E-state index contributed by atoms with van der Waals surface area (Å²) in [6.07, 6.45) is 6.84. The van der Waals surface area contributed by atoms with Crippen LogP contribution >= 0.6 is 34.8 Å². The van der Waals surface area contributed by atoms with E-state index in [1.807, 2.05) is 23.6 Å². The monoisotopic (exact) mass is 488 g/mol. The van der Waals surface area contributed by atoms with E-state index in [1.54, 1.807) is 18.3 Å². The first kappa shape index (κ1) is 21.3. The average molecular weight is 490 g/mol. The maximum absolute atomic E-state index is 6.50. The molecule has 3 aromatic heterocycles. The molecule has 1 aliphatic carbocycles. The second-order valence-electron chi connectivity index (χ2n) is 8.08. The molecule has 0 amide bonds. The van der Waals surface area contributed by atoms with Crippen LogP contribution in [0.4, 0.5) is 0 Å². The summed E-state index contributed by atoms with van der Waals surface area (Å²) in [5, 5.41) is 5.46. The van der Waals surface area contributed by atoms with Gasteiger partial charge in [0.1, 0.15) is 11.4 Å². The third-order valence-electron chi connectivity index (χ3n) is 5.51. The van der Waals surface area contributed by atoms with Crippen LogP contribution in [0.2, 0.25) is 15.1 Å². The van der Waals surface area contributed by atoms with Crippen molar-refractivity contribution in [3.63, 3.8) is 0 Å². The molecule has 1 unspecified atom stereocenters. The zero-order valence-corrected chi connectivity index (χ0v) is 19.5. The lowest BCUT2D eigenvalue weighted by atomic mass is 10.1. The number of fused-ring (bicyclic) bond motifs is 1. The molecule has 0 aliphatic heterocycles. The first-order valence-electron chi connectivity index (χ1n) is 10.1. The van der Waals surface area contributed by atoms with E-state index in [-0.39, 0.29) is 5.89 Å². The molecule has 4 aromatic rings. The molecule has 5 rings (SSSR count). The van der Waals surface area contributed by atoms with E-state index >= 15 is 0 Å². The summed E-state index contributed by atoms with van der Waals surface area (Å²) in [5.41, 5.74) is 3.95. The topological polar surface area (TPSA) is 65.5 Å². The zero-order chi connectivity index (χ0) is 22.4. The highest BCUT2D eigenvalue weighted by Crippen LogP contribution is 2.37. The zero-order valence-electron chi connectivity index (χ0n) is 17.2. The fourth-order valence-corrected chi connectivity index (χ4v) is 4.68. The maximum Gasteiger partial charge on any atom is 0.278 e. The Morgan fingerprint density at radius 1 is 1.12 bits per heavy atom. The number of hydrogen-bond donors (Lipinski definition) is 0. The van der Waals surface area contributed by atoms with Crippen LogP contribution in [0.3, 0.4) is 0 Å². The van der Waals surface area contributed by atoms with E-state index in [9.17, 15) is 0 Å². The van der Waals surface area contributed by atoms with E-state index in [4.69, 9.17) is 44.1 Å². The van der Waals surface area contributed by atoms with Crippen molar-refractivity contribution in [2.75, 3.05) is 6.61 Å². The van der Waals surface area contributed by atoms with E-state index in [0.29, 0.717) is 56.1 Å². The van der Waals surface area contributed by atoms with E-state index < -0.39 is 0 Å². The molecule has 9 heteroatoms. The van der Waals surface area contributed by atoms with Crippen LogP contribution in [0.25, 0.3) is 28.6 Å². The van der Waals surface area contributed by atoms with Crippen LogP contribution in [-0.4, -0.2) is 26.1 Å². The average Bonchev–Trinajstić information content (AvgIpc) is 3.47. The van der Waals surface area contributed by atoms with Gasteiger partial charge in [-0.05, 0) is 49.8 Å². The number of rotatable bonds is 5. The molecule has 164 valence electrons. The third kappa shape index (κ3) is 4.10. The summed E-state index contributed by atoms with van der Waals surface area (Å²) < 4.78 is 13.2. The third-order valence-corrected chi connectivity index (χ3v) is 6.39. The van der Waals surface area contributed by atoms with Crippen LogP contribution in [0.15, 0.2) is 47.3 Å². The lowest BCUT2D eigenvalue weighted by Crippen LogP contribution is -2.08. The van der Waals surface area contributed by atoms with Gasteiger partial charge in [-0.3, -0.25) is 0 Å². The minimum Gasteiger partial charge on any atom is -0.492 e. The number of pyridine rings is 1. The first-order chi connectivity index (χ1) is 15.4. The smallest absolute Gasteiger partial charge is 0.278 e. The molecule has 0 saturated heterocycles. The van der Waals surface area contributed by atoms with Crippen molar-refractivity contribution in [3.8, 4) is 28.7 Å². The fourth-order valence-electron chi connectivity index (χ4n) is 3.91. The van der Waals surface area contributed by atoms with Gasteiger partial charge >= 0.3 is 0 Å². The van der Waals surface area contributed by atoms with Gasteiger partial charge in [-0.25, -0.2) is 4.98 Å². The molecular formula is C23H19Cl3N4O2.